The van der Waals surface area contributed by atoms with Crippen molar-refractivity contribution in [3.63, 3.8) is 0 Å². The third-order valence-electron chi connectivity index (χ3n) is 2.81. The molecule has 7 heteroatoms. The van der Waals surface area contributed by atoms with Crippen LogP contribution in [0, 0.1) is 0 Å². The predicted molar refractivity (Wildman–Crippen MR) is 99.3 cm³/mol. The molecule has 0 unspecified atom stereocenters. The van der Waals surface area contributed by atoms with Gasteiger partial charge in [-0.2, -0.15) is 0 Å². The van der Waals surface area contributed by atoms with Crippen LogP contribution in [0.3, 0.4) is 0 Å². The molecule has 0 radical (unpaired) electrons. The largest absolute Gasteiger partial charge is 0.488 e. The monoisotopic (exact) mass is 433 g/mol. The van der Waals surface area contributed by atoms with E-state index in [0.717, 1.165) is 0 Å². The van der Waals surface area contributed by atoms with Gasteiger partial charge in [-0.3, -0.25) is 4.79 Å². The van der Waals surface area contributed by atoms with Crippen LogP contribution < -0.4 is 10.1 Å². The van der Waals surface area contributed by atoms with Crippen LogP contribution in [0.15, 0.2) is 47.5 Å². The summed E-state index contributed by atoms with van der Waals surface area (Å²) in [5, 5.41) is 3.62. The lowest BCUT2D eigenvalue weighted by Gasteiger charge is -2.10. The van der Waals surface area contributed by atoms with Gasteiger partial charge in [0.2, 0.25) is 0 Å². The van der Waals surface area contributed by atoms with Gasteiger partial charge in [-0.1, -0.05) is 47.5 Å². The Balaban J connectivity index is 2.19. The molecule has 0 bridgehead atoms. The van der Waals surface area contributed by atoms with Crippen molar-refractivity contribution in [2.75, 3.05) is 11.9 Å². The number of nitrogens with one attached hydrogen (secondary N) is 1. The number of ether oxygens (including phenoxy) is 1. The molecule has 0 heterocycles. The lowest BCUT2D eigenvalue weighted by molar-refractivity contribution is 0.102. The van der Waals surface area contributed by atoms with Crippen molar-refractivity contribution in [2.24, 2.45) is 0 Å². The van der Waals surface area contributed by atoms with Gasteiger partial charge >= 0.3 is 0 Å². The SMILES string of the molecule is C=CCOc1ccc(C(=O)Nc2cc(Cl)c(Cl)cc2Cl)cc1Br. The van der Waals surface area contributed by atoms with E-state index < -0.39 is 0 Å². The van der Waals surface area contributed by atoms with Crippen molar-refractivity contribution >= 4 is 62.3 Å². The fourth-order valence-electron chi connectivity index (χ4n) is 1.72. The number of hydrogen-bond acceptors (Lipinski definition) is 2. The second-order valence-corrected chi connectivity index (χ2v) is 6.52. The van der Waals surface area contributed by atoms with Gasteiger partial charge in [-0.15, -0.1) is 0 Å². The van der Waals surface area contributed by atoms with Gasteiger partial charge in [0.25, 0.3) is 5.91 Å². The minimum atomic E-state index is -0.332. The molecule has 0 aliphatic rings. The molecule has 23 heavy (non-hydrogen) atoms. The molecule has 0 atom stereocenters. The van der Waals surface area contributed by atoms with E-state index in [4.69, 9.17) is 39.5 Å². The molecule has 1 N–H and O–H groups in total. The van der Waals surface area contributed by atoms with E-state index in [1.54, 1.807) is 24.3 Å². The molecule has 2 aromatic rings. The van der Waals surface area contributed by atoms with Crippen LogP contribution in [-0.2, 0) is 0 Å². The van der Waals surface area contributed by atoms with Crippen LogP contribution in [0.5, 0.6) is 5.75 Å². The summed E-state index contributed by atoms with van der Waals surface area (Å²) < 4.78 is 6.10. The molecule has 2 rings (SSSR count). The van der Waals surface area contributed by atoms with Crippen LogP contribution in [0.1, 0.15) is 10.4 Å². The molecule has 120 valence electrons. The lowest BCUT2D eigenvalue weighted by atomic mass is 10.2. The summed E-state index contributed by atoms with van der Waals surface area (Å²) in [5.41, 5.74) is 0.819. The summed E-state index contributed by atoms with van der Waals surface area (Å²) >= 11 is 21.2. The molecule has 2 aromatic carbocycles. The Labute approximate surface area is 157 Å². The number of carbonyl (C=O) groups is 1. The second kappa shape index (κ2) is 8.06. The zero-order valence-corrected chi connectivity index (χ0v) is 15.6. The van der Waals surface area contributed by atoms with Crippen LogP contribution in [0.4, 0.5) is 5.69 Å². The first kappa shape index (κ1) is 18.1. The first-order valence-electron chi connectivity index (χ1n) is 6.41. The molecule has 3 nitrogen and oxygen atoms in total. The van der Waals surface area contributed by atoms with Gasteiger partial charge in [-0.25, -0.2) is 0 Å². The summed E-state index contributed by atoms with van der Waals surface area (Å²) in [4.78, 5) is 12.3. The fourth-order valence-corrected chi connectivity index (χ4v) is 2.81. The average molecular weight is 436 g/mol. The maximum absolute atomic E-state index is 12.3. The van der Waals surface area contributed by atoms with Crippen molar-refractivity contribution in [2.45, 2.75) is 0 Å². The normalized spacial score (nSPS) is 10.3. The molecule has 0 spiro atoms. The van der Waals surface area contributed by atoms with Crippen LogP contribution in [0.25, 0.3) is 0 Å². The standard InChI is InChI=1S/C16H11BrCl3NO2/c1-2-5-23-15-4-3-9(6-10(15)17)16(22)21-14-8-12(19)11(18)7-13(14)20/h2-4,6-8H,1,5H2,(H,21,22). The summed E-state index contributed by atoms with van der Waals surface area (Å²) in [6.07, 6.45) is 1.64. The maximum Gasteiger partial charge on any atom is 0.255 e. The summed E-state index contributed by atoms with van der Waals surface area (Å²) in [5.74, 6) is 0.287. The van der Waals surface area contributed by atoms with Gasteiger partial charge < -0.3 is 10.1 Å². The lowest BCUT2D eigenvalue weighted by Crippen LogP contribution is -2.12. The van der Waals surface area contributed by atoms with E-state index in [-0.39, 0.29) is 5.91 Å². The van der Waals surface area contributed by atoms with E-state index in [1.165, 1.54) is 12.1 Å². The molecule has 0 aliphatic heterocycles. The third kappa shape index (κ3) is 4.64. The van der Waals surface area contributed by atoms with E-state index >= 15 is 0 Å². The van der Waals surface area contributed by atoms with Gasteiger partial charge in [0.05, 0.1) is 25.2 Å². The van der Waals surface area contributed by atoms with Gasteiger partial charge in [0.1, 0.15) is 12.4 Å². The highest BCUT2D eigenvalue weighted by Crippen LogP contribution is 2.33. The van der Waals surface area contributed by atoms with Crippen molar-refractivity contribution < 1.29 is 9.53 Å². The summed E-state index contributed by atoms with van der Waals surface area (Å²) in [7, 11) is 0. The molecule has 0 saturated carbocycles. The van der Waals surface area contributed by atoms with Gasteiger partial charge in [0.15, 0.2) is 0 Å². The highest BCUT2D eigenvalue weighted by molar-refractivity contribution is 9.10. The minimum absolute atomic E-state index is 0.303. The molecule has 0 saturated heterocycles. The maximum atomic E-state index is 12.3. The van der Waals surface area contributed by atoms with E-state index in [0.29, 0.717) is 43.1 Å². The number of benzene rings is 2. The number of halogens is 4. The topological polar surface area (TPSA) is 38.3 Å². The molecular formula is C16H11BrCl3NO2. The fraction of sp³-hybridized carbons (Fsp3) is 0.0625. The smallest absolute Gasteiger partial charge is 0.255 e. The van der Waals surface area contributed by atoms with Gasteiger partial charge in [0, 0.05) is 5.56 Å². The molecule has 0 fully saturated rings. The number of rotatable bonds is 5. The summed E-state index contributed by atoms with van der Waals surface area (Å²) in [6.45, 7) is 3.96. The summed E-state index contributed by atoms with van der Waals surface area (Å²) in [6, 6.07) is 7.96. The Hall–Kier alpha value is -1.20. The molecule has 1 amide bonds. The van der Waals surface area contributed by atoms with E-state index in [1.807, 2.05) is 0 Å². The zero-order chi connectivity index (χ0) is 17.0. The highest BCUT2D eigenvalue weighted by atomic mass is 79.9. The predicted octanol–water partition coefficient (Wildman–Crippen LogP) is 6.23. The Morgan fingerprint density at radius 3 is 2.52 bits per heavy atom. The first-order chi connectivity index (χ1) is 10.9. The number of amides is 1. The van der Waals surface area contributed by atoms with Crippen molar-refractivity contribution in [3.8, 4) is 5.75 Å². The average Bonchev–Trinajstić information content (AvgIpc) is 2.51. The minimum Gasteiger partial charge on any atom is -0.488 e. The third-order valence-corrected chi connectivity index (χ3v) is 4.46. The van der Waals surface area contributed by atoms with Crippen LogP contribution in [0.2, 0.25) is 15.1 Å². The Morgan fingerprint density at radius 1 is 1.17 bits per heavy atom. The highest BCUT2D eigenvalue weighted by Gasteiger charge is 2.13. The molecular weight excluding hydrogens is 424 g/mol. The van der Waals surface area contributed by atoms with Crippen molar-refractivity contribution in [1.82, 2.24) is 0 Å². The van der Waals surface area contributed by atoms with E-state index in [2.05, 4.69) is 27.8 Å². The van der Waals surface area contributed by atoms with Crippen LogP contribution in [-0.4, -0.2) is 12.5 Å². The second-order valence-electron chi connectivity index (χ2n) is 4.45. The molecule has 0 aromatic heterocycles. The quantitative estimate of drug-likeness (QED) is 0.447. The number of anilines is 1. The number of carbonyl (C=O) groups excluding carboxylic acids is 1. The Kier molecular flexibility index (Phi) is 6.36. The van der Waals surface area contributed by atoms with Gasteiger partial charge in [-0.05, 0) is 46.3 Å². The van der Waals surface area contributed by atoms with Crippen molar-refractivity contribution in [1.29, 1.82) is 0 Å². The Bertz CT molecular complexity index is 765. The van der Waals surface area contributed by atoms with Crippen molar-refractivity contribution in [3.05, 3.63) is 68.1 Å². The Morgan fingerprint density at radius 2 is 1.87 bits per heavy atom. The number of hydrogen-bond donors (Lipinski definition) is 1. The first-order valence-corrected chi connectivity index (χ1v) is 8.34. The van der Waals surface area contributed by atoms with E-state index in [9.17, 15) is 4.79 Å². The van der Waals surface area contributed by atoms with Crippen LogP contribution >= 0.6 is 50.7 Å². The molecule has 0 aliphatic carbocycles. The zero-order valence-electron chi connectivity index (χ0n) is 11.7.